The van der Waals surface area contributed by atoms with Crippen LogP contribution in [-0.4, -0.2) is 47.9 Å². The van der Waals surface area contributed by atoms with Crippen molar-refractivity contribution in [1.29, 1.82) is 0 Å². The summed E-state index contributed by atoms with van der Waals surface area (Å²) in [7, 11) is 0. The highest BCUT2D eigenvalue weighted by Gasteiger charge is 2.32. The molecule has 5 heteroatoms. The molecule has 0 radical (unpaired) electrons. The summed E-state index contributed by atoms with van der Waals surface area (Å²) < 4.78 is 1.84. The van der Waals surface area contributed by atoms with Gasteiger partial charge in [-0.1, -0.05) is 15.9 Å². The van der Waals surface area contributed by atoms with Crippen molar-refractivity contribution in [2.75, 3.05) is 26.2 Å². The van der Waals surface area contributed by atoms with Gasteiger partial charge in [0.05, 0.1) is 5.56 Å². The summed E-state index contributed by atoms with van der Waals surface area (Å²) in [5, 5.41) is 0. The monoisotopic (exact) mass is 386 g/mol. The molecule has 3 nitrogen and oxygen atoms in total. The van der Waals surface area contributed by atoms with Crippen LogP contribution in [0.5, 0.6) is 0 Å². The summed E-state index contributed by atoms with van der Waals surface area (Å²) in [6.45, 7) is 3.73. The summed E-state index contributed by atoms with van der Waals surface area (Å²) in [5.74, 6) is 0.134. The first-order valence-corrected chi connectivity index (χ1v) is 8.22. The van der Waals surface area contributed by atoms with Crippen LogP contribution in [0.2, 0.25) is 0 Å². The Morgan fingerprint density at radius 1 is 1.11 bits per heavy atom. The lowest BCUT2D eigenvalue weighted by molar-refractivity contribution is 0.0626. The molecule has 0 spiro atoms. The molecule has 1 aromatic carbocycles. The van der Waals surface area contributed by atoms with E-state index in [4.69, 9.17) is 0 Å². The molecule has 2 aliphatic rings. The average Bonchev–Trinajstić information content (AvgIpc) is 3.22. The van der Waals surface area contributed by atoms with E-state index in [2.05, 4.69) is 36.8 Å². The van der Waals surface area contributed by atoms with Gasteiger partial charge in [0.25, 0.3) is 5.91 Å². The first-order valence-electron chi connectivity index (χ1n) is 6.63. The van der Waals surface area contributed by atoms with Crippen molar-refractivity contribution in [3.05, 3.63) is 32.7 Å². The van der Waals surface area contributed by atoms with Crippen LogP contribution in [0, 0.1) is 0 Å². The molecule has 1 saturated carbocycles. The molecule has 1 aliphatic carbocycles. The Morgan fingerprint density at radius 2 is 1.79 bits per heavy atom. The van der Waals surface area contributed by atoms with Crippen LogP contribution in [0.15, 0.2) is 27.1 Å². The summed E-state index contributed by atoms with van der Waals surface area (Å²) in [4.78, 5) is 17.0. The maximum atomic E-state index is 12.5. The maximum absolute atomic E-state index is 12.5. The first kappa shape index (κ1) is 13.6. The van der Waals surface area contributed by atoms with E-state index in [0.29, 0.717) is 0 Å². The van der Waals surface area contributed by atoms with Gasteiger partial charge in [0.2, 0.25) is 0 Å². The second-order valence-electron chi connectivity index (χ2n) is 5.18. The molecule has 19 heavy (non-hydrogen) atoms. The lowest BCUT2D eigenvalue weighted by atomic mass is 10.2. The van der Waals surface area contributed by atoms with E-state index in [1.807, 2.05) is 23.1 Å². The minimum Gasteiger partial charge on any atom is -0.336 e. The molecule has 102 valence electrons. The van der Waals surface area contributed by atoms with Gasteiger partial charge in [0.15, 0.2) is 0 Å². The quantitative estimate of drug-likeness (QED) is 0.778. The first-order chi connectivity index (χ1) is 9.15. The number of rotatable bonds is 2. The molecule has 0 atom stereocenters. The third-order valence-electron chi connectivity index (χ3n) is 3.83. The number of carbonyl (C=O) groups is 1. The lowest BCUT2D eigenvalue weighted by Crippen LogP contribution is -2.49. The van der Waals surface area contributed by atoms with Gasteiger partial charge in [0, 0.05) is 41.2 Å². The highest BCUT2D eigenvalue weighted by atomic mass is 79.9. The maximum Gasteiger partial charge on any atom is 0.255 e. The number of amides is 1. The van der Waals surface area contributed by atoms with Gasteiger partial charge in [-0.15, -0.1) is 0 Å². The lowest BCUT2D eigenvalue weighted by Gasteiger charge is -2.35. The number of hydrogen-bond acceptors (Lipinski definition) is 2. The number of benzene rings is 1. The fourth-order valence-electron chi connectivity index (χ4n) is 2.56. The van der Waals surface area contributed by atoms with Gasteiger partial charge < -0.3 is 4.90 Å². The zero-order valence-electron chi connectivity index (χ0n) is 10.6. The molecule has 1 aliphatic heterocycles. The Morgan fingerprint density at radius 3 is 2.37 bits per heavy atom. The van der Waals surface area contributed by atoms with Crippen molar-refractivity contribution >= 4 is 37.8 Å². The molecule has 0 aromatic heterocycles. The van der Waals surface area contributed by atoms with Crippen molar-refractivity contribution in [3.8, 4) is 0 Å². The Labute approximate surface area is 130 Å². The Balaban J connectivity index is 1.67. The molecule has 1 saturated heterocycles. The van der Waals surface area contributed by atoms with Gasteiger partial charge in [-0.2, -0.15) is 0 Å². The van der Waals surface area contributed by atoms with Crippen LogP contribution < -0.4 is 0 Å². The molecule has 1 amide bonds. The predicted molar refractivity (Wildman–Crippen MR) is 82.3 cm³/mol. The molecule has 1 heterocycles. The van der Waals surface area contributed by atoms with Gasteiger partial charge in [-0.25, -0.2) is 0 Å². The van der Waals surface area contributed by atoms with Gasteiger partial charge in [-0.05, 0) is 47.0 Å². The SMILES string of the molecule is O=C(c1ccc(Br)cc1Br)N1CCN(C2CC2)CC1. The third-order valence-corrected chi connectivity index (χ3v) is 4.98. The van der Waals surface area contributed by atoms with E-state index < -0.39 is 0 Å². The highest BCUT2D eigenvalue weighted by molar-refractivity contribution is 9.11. The van der Waals surface area contributed by atoms with Crippen LogP contribution in [-0.2, 0) is 0 Å². The van der Waals surface area contributed by atoms with Crippen LogP contribution in [0.3, 0.4) is 0 Å². The molecule has 0 N–H and O–H groups in total. The van der Waals surface area contributed by atoms with Gasteiger partial charge in [0.1, 0.15) is 0 Å². The average molecular weight is 388 g/mol. The second kappa shape index (κ2) is 5.54. The van der Waals surface area contributed by atoms with Crippen LogP contribution >= 0.6 is 31.9 Å². The van der Waals surface area contributed by atoms with Crippen LogP contribution in [0.25, 0.3) is 0 Å². The number of halogens is 2. The van der Waals surface area contributed by atoms with E-state index in [-0.39, 0.29) is 5.91 Å². The fraction of sp³-hybridized carbons (Fsp3) is 0.500. The molecular weight excluding hydrogens is 372 g/mol. The standard InChI is InChI=1S/C14H16Br2N2O/c15-10-1-4-12(13(16)9-10)14(19)18-7-5-17(6-8-18)11-2-3-11/h1,4,9,11H,2-3,5-8H2. The van der Waals surface area contributed by atoms with Gasteiger partial charge >= 0.3 is 0 Å². The van der Waals surface area contributed by atoms with Crippen molar-refractivity contribution in [2.24, 2.45) is 0 Å². The van der Waals surface area contributed by atoms with Crippen molar-refractivity contribution in [3.63, 3.8) is 0 Å². The van der Waals surface area contributed by atoms with E-state index >= 15 is 0 Å². The summed E-state index contributed by atoms with van der Waals surface area (Å²) in [6.07, 6.45) is 2.68. The minimum absolute atomic E-state index is 0.134. The third kappa shape index (κ3) is 3.03. The molecule has 1 aromatic rings. The smallest absolute Gasteiger partial charge is 0.255 e. The second-order valence-corrected chi connectivity index (χ2v) is 6.95. The summed E-state index contributed by atoms with van der Waals surface area (Å²) in [5.41, 5.74) is 0.753. The van der Waals surface area contributed by atoms with Crippen LogP contribution in [0.1, 0.15) is 23.2 Å². The molecular formula is C14H16Br2N2O. The van der Waals surface area contributed by atoms with E-state index in [0.717, 1.165) is 46.7 Å². The molecule has 2 fully saturated rings. The van der Waals surface area contributed by atoms with Crippen molar-refractivity contribution in [1.82, 2.24) is 9.80 Å². The van der Waals surface area contributed by atoms with Crippen molar-refractivity contribution < 1.29 is 4.79 Å². The fourth-order valence-corrected chi connectivity index (χ4v) is 3.78. The molecule has 3 rings (SSSR count). The summed E-state index contributed by atoms with van der Waals surface area (Å²) in [6, 6.07) is 6.52. The number of piperazine rings is 1. The number of hydrogen-bond donors (Lipinski definition) is 0. The van der Waals surface area contributed by atoms with Gasteiger partial charge in [-0.3, -0.25) is 9.69 Å². The topological polar surface area (TPSA) is 23.6 Å². The minimum atomic E-state index is 0.134. The summed E-state index contributed by atoms with van der Waals surface area (Å²) >= 11 is 6.88. The normalized spacial score (nSPS) is 20.6. The zero-order valence-corrected chi connectivity index (χ0v) is 13.8. The Bertz CT molecular complexity index is 494. The van der Waals surface area contributed by atoms with Crippen molar-refractivity contribution in [2.45, 2.75) is 18.9 Å². The van der Waals surface area contributed by atoms with Crippen LogP contribution in [0.4, 0.5) is 0 Å². The predicted octanol–water partition coefficient (Wildman–Crippen LogP) is 3.13. The largest absolute Gasteiger partial charge is 0.336 e. The zero-order chi connectivity index (χ0) is 13.4. The number of nitrogens with zero attached hydrogens (tertiary/aromatic N) is 2. The Kier molecular flexibility index (Phi) is 3.96. The van der Waals surface area contributed by atoms with E-state index in [1.54, 1.807) is 0 Å². The number of carbonyl (C=O) groups excluding carboxylic acids is 1. The Hall–Kier alpha value is -0.390. The highest BCUT2D eigenvalue weighted by Crippen LogP contribution is 2.28. The van der Waals surface area contributed by atoms with E-state index in [1.165, 1.54) is 12.8 Å². The molecule has 0 bridgehead atoms. The van der Waals surface area contributed by atoms with E-state index in [9.17, 15) is 4.79 Å². The molecule has 0 unspecified atom stereocenters.